The Balaban J connectivity index is 0. The summed E-state index contributed by atoms with van der Waals surface area (Å²) in [6.07, 6.45) is 5.39. The highest BCUT2D eigenvalue weighted by Gasteiger charge is 1.81. The van der Waals surface area contributed by atoms with Crippen LogP contribution in [0.1, 0.15) is 20.8 Å². The van der Waals surface area contributed by atoms with Crippen LogP contribution in [0, 0.1) is 0 Å². The molecule has 0 spiro atoms. The van der Waals surface area contributed by atoms with Crippen LogP contribution in [0.2, 0.25) is 0 Å². The summed E-state index contributed by atoms with van der Waals surface area (Å²) in [7, 11) is 1.73. The minimum Gasteiger partial charge on any atom is -0.348 e. The number of nitrogens with one attached hydrogen (secondary N) is 1. The minimum atomic E-state index is 0.826. The van der Waals surface area contributed by atoms with E-state index in [4.69, 9.17) is 0 Å². The van der Waals surface area contributed by atoms with Crippen LogP contribution < -0.4 is 5.32 Å². The highest BCUT2D eigenvalue weighted by molar-refractivity contribution is 5.93. The normalized spacial score (nSPS) is 10.4. The van der Waals surface area contributed by atoms with E-state index in [-0.39, 0.29) is 0 Å². The molecule has 2 heteroatoms. The molecule has 0 atom stereocenters. The molecule has 11 heavy (non-hydrogen) atoms. The van der Waals surface area contributed by atoms with Crippen molar-refractivity contribution in [2.24, 2.45) is 4.99 Å². The van der Waals surface area contributed by atoms with Gasteiger partial charge in [0, 0.05) is 7.05 Å². The molecular formula is C9H18N2. The van der Waals surface area contributed by atoms with Gasteiger partial charge in [-0.2, -0.15) is 0 Å². The maximum Gasteiger partial charge on any atom is 0.124 e. The number of allylic oxidation sites excluding steroid dienone is 1. The third-order valence-electron chi connectivity index (χ3n) is 0.815. The molecule has 2 nitrogen and oxygen atoms in total. The lowest BCUT2D eigenvalue weighted by Crippen LogP contribution is -2.13. The number of aliphatic imine (C=N–C) groups is 1. The first kappa shape index (κ1) is 12.6. The average Bonchev–Trinajstić information content (AvgIpc) is 2.08. The molecule has 0 fully saturated rings. The first-order chi connectivity index (χ1) is 5.35. The van der Waals surface area contributed by atoms with Gasteiger partial charge in [-0.25, -0.2) is 0 Å². The zero-order valence-corrected chi connectivity index (χ0v) is 7.89. The molecule has 64 valence electrons. The van der Waals surface area contributed by atoms with Crippen LogP contribution >= 0.6 is 0 Å². The van der Waals surface area contributed by atoms with E-state index in [0.29, 0.717) is 0 Å². The second-order valence-corrected chi connectivity index (χ2v) is 1.46. The maximum atomic E-state index is 3.92. The molecule has 0 aliphatic heterocycles. The van der Waals surface area contributed by atoms with Crippen LogP contribution in [-0.2, 0) is 0 Å². The molecular weight excluding hydrogens is 136 g/mol. The Labute approximate surface area is 69.7 Å². The smallest absolute Gasteiger partial charge is 0.124 e. The van der Waals surface area contributed by atoms with Crippen molar-refractivity contribution in [1.82, 2.24) is 5.32 Å². The lowest BCUT2D eigenvalue weighted by molar-refractivity contribution is 1.25. The van der Waals surface area contributed by atoms with Gasteiger partial charge in [0.2, 0.25) is 0 Å². The van der Waals surface area contributed by atoms with Crippen molar-refractivity contribution < 1.29 is 0 Å². The monoisotopic (exact) mass is 154 g/mol. The van der Waals surface area contributed by atoms with E-state index in [2.05, 4.69) is 16.9 Å². The van der Waals surface area contributed by atoms with Gasteiger partial charge >= 0.3 is 0 Å². The lowest BCUT2D eigenvalue weighted by atomic mass is 10.5. The molecule has 0 unspecified atom stereocenters. The van der Waals surface area contributed by atoms with Crippen molar-refractivity contribution in [2.75, 3.05) is 7.05 Å². The third-order valence-corrected chi connectivity index (χ3v) is 0.815. The molecule has 0 rings (SSSR count). The summed E-state index contributed by atoms with van der Waals surface area (Å²) in [5, 5.41) is 2.86. The van der Waals surface area contributed by atoms with Gasteiger partial charge < -0.3 is 5.32 Å². The predicted octanol–water partition coefficient (Wildman–Crippen LogP) is 2.35. The molecule has 0 bridgehead atoms. The first-order valence-electron chi connectivity index (χ1n) is 3.82. The van der Waals surface area contributed by atoms with Gasteiger partial charge in [0.15, 0.2) is 0 Å². The average molecular weight is 154 g/mol. The van der Waals surface area contributed by atoms with E-state index < -0.39 is 0 Å². The minimum absolute atomic E-state index is 0.826. The topological polar surface area (TPSA) is 24.4 Å². The Morgan fingerprint density at radius 1 is 1.45 bits per heavy atom. The van der Waals surface area contributed by atoms with Crippen LogP contribution in [0.25, 0.3) is 0 Å². The summed E-state index contributed by atoms with van der Waals surface area (Å²) in [6, 6.07) is 0. The van der Waals surface area contributed by atoms with E-state index in [1.807, 2.05) is 32.9 Å². The summed E-state index contributed by atoms with van der Waals surface area (Å²) in [5.74, 6) is 0.826. The second-order valence-electron chi connectivity index (χ2n) is 1.46. The summed E-state index contributed by atoms with van der Waals surface area (Å²) in [6.45, 7) is 9.45. The Morgan fingerprint density at radius 3 is 2.27 bits per heavy atom. The molecule has 0 radical (unpaired) electrons. The van der Waals surface area contributed by atoms with Crippen LogP contribution in [0.15, 0.2) is 29.9 Å². The van der Waals surface area contributed by atoms with Crippen molar-refractivity contribution in [3.63, 3.8) is 0 Å². The van der Waals surface area contributed by atoms with E-state index >= 15 is 0 Å². The van der Waals surface area contributed by atoms with Crippen LogP contribution in [0.3, 0.4) is 0 Å². The predicted molar refractivity (Wildman–Crippen MR) is 52.9 cm³/mol. The van der Waals surface area contributed by atoms with Gasteiger partial charge in [-0.15, -0.1) is 0 Å². The number of amidine groups is 1. The molecule has 0 aromatic rings. The van der Waals surface area contributed by atoms with Gasteiger partial charge in [-0.05, 0) is 19.2 Å². The Morgan fingerprint density at radius 2 is 2.00 bits per heavy atom. The lowest BCUT2D eigenvalue weighted by Gasteiger charge is -1.95. The number of hydrogen-bond donors (Lipinski definition) is 1. The highest BCUT2D eigenvalue weighted by atomic mass is 14.9. The second kappa shape index (κ2) is 11.7. The van der Waals surface area contributed by atoms with Crippen molar-refractivity contribution >= 4 is 5.84 Å². The Hall–Kier alpha value is -1.05. The molecule has 0 aliphatic carbocycles. The molecule has 0 saturated heterocycles. The molecule has 1 N–H and O–H groups in total. The zero-order valence-electron chi connectivity index (χ0n) is 7.89. The Kier molecular flexibility index (Phi) is 13.4. The van der Waals surface area contributed by atoms with Gasteiger partial charge in [-0.1, -0.05) is 26.5 Å². The third kappa shape index (κ3) is 8.95. The highest BCUT2D eigenvalue weighted by Crippen LogP contribution is 1.75. The summed E-state index contributed by atoms with van der Waals surface area (Å²) in [4.78, 5) is 3.92. The van der Waals surface area contributed by atoms with E-state index in [1.54, 1.807) is 13.2 Å². The number of nitrogens with zero attached hydrogens (tertiary/aromatic N) is 1. The van der Waals surface area contributed by atoms with Gasteiger partial charge in [0.05, 0.1) is 0 Å². The molecule has 0 aromatic heterocycles. The first-order valence-corrected chi connectivity index (χ1v) is 3.82. The van der Waals surface area contributed by atoms with E-state index in [0.717, 1.165) is 5.84 Å². The van der Waals surface area contributed by atoms with E-state index in [1.165, 1.54) is 0 Å². The fraction of sp³-hybridized carbons (Fsp3) is 0.444. The van der Waals surface area contributed by atoms with Gasteiger partial charge in [0.1, 0.15) is 5.84 Å². The van der Waals surface area contributed by atoms with Gasteiger partial charge in [-0.3, -0.25) is 4.99 Å². The largest absolute Gasteiger partial charge is 0.348 e. The molecule has 0 saturated carbocycles. The van der Waals surface area contributed by atoms with E-state index in [9.17, 15) is 0 Å². The van der Waals surface area contributed by atoms with Crippen molar-refractivity contribution in [1.29, 1.82) is 0 Å². The fourth-order valence-corrected chi connectivity index (χ4v) is 0.450. The SMILES string of the molecule is C=CNC(/C=C\C)=NC.CC. The number of hydrogen-bond acceptors (Lipinski definition) is 1. The number of rotatable bonds is 2. The standard InChI is InChI=1S/C7H12N2.C2H6/c1-4-6-7(8-3)9-5-2;1-2/h4-6H,2H2,1,3H3,(H,8,9);1-2H3/b6-4-;. The van der Waals surface area contributed by atoms with Crippen LogP contribution in [0.4, 0.5) is 0 Å². The van der Waals surface area contributed by atoms with Crippen LogP contribution in [-0.4, -0.2) is 12.9 Å². The van der Waals surface area contributed by atoms with Crippen LogP contribution in [0.5, 0.6) is 0 Å². The maximum absolute atomic E-state index is 3.92. The van der Waals surface area contributed by atoms with Gasteiger partial charge in [0.25, 0.3) is 0 Å². The quantitative estimate of drug-likeness (QED) is 0.479. The summed E-state index contributed by atoms with van der Waals surface area (Å²) in [5.41, 5.74) is 0. The van der Waals surface area contributed by atoms with Crippen molar-refractivity contribution in [3.8, 4) is 0 Å². The summed E-state index contributed by atoms with van der Waals surface area (Å²) < 4.78 is 0. The fourth-order valence-electron chi connectivity index (χ4n) is 0.450. The molecule has 0 heterocycles. The zero-order chi connectivity index (χ0) is 9.11. The molecule has 0 amide bonds. The van der Waals surface area contributed by atoms with Crippen molar-refractivity contribution in [3.05, 3.63) is 24.9 Å². The molecule has 0 aromatic carbocycles. The summed E-state index contributed by atoms with van der Waals surface area (Å²) >= 11 is 0. The van der Waals surface area contributed by atoms with Crippen molar-refractivity contribution in [2.45, 2.75) is 20.8 Å². The molecule has 0 aliphatic rings. The Bertz CT molecular complexity index is 134.